The number of halogens is 1. The van der Waals surface area contributed by atoms with Crippen LogP contribution in [0.4, 0.5) is 5.69 Å². The van der Waals surface area contributed by atoms with Crippen LogP contribution in [0.3, 0.4) is 0 Å². The first kappa shape index (κ1) is 12.1. The van der Waals surface area contributed by atoms with Crippen molar-refractivity contribution in [2.75, 3.05) is 12.8 Å². The van der Waals surface area contributed by atoms with Crippen LogP contribution in [0.25, 0.3) is 0 Å². The minimum absolute atomic E-state index is 0.152. The van der Waals surface area contributed by atoms with Gasteiger partial charge in [-0.25, -0.2) is 4.98 Å². The minimum Gasteiger partial charge on any atom is -0.397 e. The Kier molecular flexibility index (Phi) is 3.49. The first-order valence-corrected chi connectivity index (χ1v) is 5.72. The second kappa shape index (κ2) is 4.89. The van der Waals surface area contributed by atoms with Gasteiger partial charge in [-0.05, 0) is 18.9 Å². The van der Waals surface area contributed by atoms with E-state index in [4.69, 9.17) is 22.1 Å². The molecule has 0 atom stereocenters. The molecule has 0 spiro atoms. The van der Waals surface area contributed by atoms with E-state index < -0.39 is 0 Å². The molecule has 0 aliphatic heterocycles. The highest BCUT2D eigenvalue weighted by Gasteiger charge is 2.30. The molecule has 1 amide bonds. The molecule has 1 aliphatic carbocycles. The van der Waals surface area contributed by atoms with E-state index in [0.29, 0.717) is 11.3 Å². The molecular formula is C11H14ClN3O2. The van der Waals surface area contributed by atoms with Crippen LogP contribution in [0, 0.1) is 0 Å². The van der Waals surface area contributed by atoms with Gasteiger partial charge in [0.05, 0.1) is 23.6 Å². The molecule has 1 aromatic rings. The fourth-order valence-electron chi connectivity index (χ4n) is 1.78. The third-order valence-electron chi connectivity index (χ3n) is 2.91. The van der Waals surface area contributed by atoms with Crippen molar-refractivity contribution in [3.63, 3.8) is 0 Å². The number of carbonyl (C=O) groups is 1. The lowest BCUT2D eigenvalue weighted by Crippen LogP contribution is -2.47. The molecule has 0 radical (unpaired) electrons. The maximum atomic E-state index is 11.9. The predicted molar refractivity (Wildman–Crippen MR) is 64.9 cm³/mol. The molecule has 1 aliphatic rings. The monoisotopic (exact) mass is 255 g/mol. The molecule has 1 fully saturated rings. The number of anilines is 1. The maximum absolute atomic E-state index is 11.9. The number of nitrogens with two attached hydrogens (primary N) is 1. The number of carbonyl (C=O) groups excluding carboxylic acids is 1. The number of ether oxygens (including phenoxy) is 1. The summed E-state index contributed by atoms with van der Waals surface area (Å²) in [6, 6.07) is 1.62. The summed E-state index contributed by atoms with van der Waals surface area (Å²) >= 11 is 5.72. The number of nitrogens with one attached hydrogen (secondary N) is 1. The molecule has 0 aromatic carbocycles. The zero-order chi connectivity index (χ0) is 12.4. The van der Waals surface area contributed by atoms with Crippen molar-refractivity contribution < 1.29 is 9.53 Å². The molecule has 5 nitrogen and oxygen atoms in total. The zero-order valence-corrected chi connectivity index (χ0v) is 10.2. The first-order chi connectivity index (χ1) is 8.10. The van der Waals surface area contributed by atoms with Crippen molar-refractivity contribution in [2.24, 2.45) is 0 Å². The standard InChI is InChI=1S/C11H14ClN3O2/c1-17-7-2-6(3-7)15-11(16)8-4-10(12)14-5-9(8)13/h4-7H,2-3,13H2,1H3,(H,15,16). The van der Waals surface area contributed by atoms with E-state index in [1.165, 1.54) is 12.3 Å². The van der Waals surface area contributed by atoms with Crippen molar-refractivity contribution in [3.05, 3.63) is 23.0 Å². The number of nitrogen functional groups attached to an aromatic ring is 1. The lowest BCUT2D eigenvalue weighted by Gasteiger charge is -2.34. The average Bonchev–Trinajstić information content (AvgIpc) is 2.25. The topological polar surface area (TPSA) is 77.2 Å². The van der Waals surface area contributed by atoms with E-state index in [0.717, 1.165) is 12.8 Å². The Morgan fingerprint density at radius 1 is 1.65 bits per heavy atom. The number of aromatic nitrogens is 1. The highest BCUT2D eigenvalue weighted by molar-refractivity contribution is 6.29. The summed E-state index contributed by atoms with van der Waals surface area (Å²) in [4.78, 5) is 15.7. The number of amides is 1. The third-order valence-corrected chi connectivity index (χ3v) is 3.12. The van der Waals surface area contributed by atoms with Crippen LogP contribution in [0.2, 0.25) is 5.15 Å². The molecular weight excluding hydrogens is 242 g/mol. The van der Waals surface area contributed by atoms with Crippen molar-refractivity contribution in [3.8, 4) is 0 Å². The van der Waals surface area contributed by atoms with Gasteiger partial charge in [-0.2, -0.15) is 0 Å². The van der Waals surface area contributed by atoms with Crippen molar-refractivity contribution in [2.45, 2.75) is 25.0 Å². The Hall–Kier alpha value is -1.33. The fourth-order valence-corrected chi connectivity index (χ4v) is 1.93. The van der Waals surface area contributed by atoms with Crippen LogP contribution in [-0.4, -0.2) is 30.1 Å². The van der Waals surface area contributed by atoms with Gasteiger partial charge in [0.25, 0.3) is 5.91 Å². The number of hydrogen-bond donors (Lipinski definition) is 2. The number of pyridine rings is 1. The van der Waals surface area contributed by atoms with Crippen LogP contribution in [0.5, 0.6) is 0 Å². The molecule has 92 valence electrons. The second-order valence-electron chi connectivity index (χ2n) is 4.09. The van der Waals surface area contributed by atoms with Gasteiger partial charge in [0.2, 0.25) is 0 Å². The molecule has 1 aromatic heterocycles. The van der Waals surface area contributed by atoms with E-state index in [2.05, 4.69) is 10.3 Å². The average molecular weight is 256 g/mol. The van der Waals surface area contributed by atoms with Crippen LogP contribution in [0.1, 0.15) is 23.2 Å². The molecule has 3 N–H and O–H groups in total. The highest BCUT2D eigenvalue weighted by Crippen LogP contribution is 2.23. The summed E-state index contributed by atoms with van der Waals surface area (Å²) in [5, 5.41) is 3.14. The SMILES string of the molecule is COC1CC(NC(=O)c2cc(Cl)ncc2N)C1. The Morgan fingerprint density at radius 2 is 2.35 bits per heavy atom. The van der Waals surface area contributed by atoms with Gasteiger partial charge in [0, 0.05) is 13.2 Å². The molecule has 17 heavy (non-hydrogen) atoms. The summed E-state index contributed by atoms with van der Waals surface area (Å²) < 4.78 is 5.14. The summed E-state index contributed by atoms with van der Waals surface area (Å²) in [5.41, 5.74) is 6.37. The summed E-state index contributed by atoms with van der Waals surface area (Å²) in [6.07, 6.45) is 3.30. The lowest BCUT2D eigenvalue weighted by atomic mass is 9.89. The fraction of sp³-hybridized carbons (Fsp3) is 0.455. The van der Waals surface area contributed by atoms with E-state index >= 15 is 0 Å². The van der Waals surface area contributed by atoms with E-state index in [1.54, 1.807) is 7.11 Å². The molecule has 2 rings (SSSR count). The molecule has 1 heterocycles. The predicted octanol–water partition coefficient (Wildman–Crippen LogP) is 1.22. The van der Waals surface area contributed by atoms with Crippen LogP contribution < -0.4 is 11.1 Å². The van der Waals surface area contributed by atoms with Gasteiger partial charge in [-0.1, -0.05) is 11.6 Å². The normalized spacial score (nSPS) is 22.9. The Bertz CT molecular complexity index is 433. The summed E-state index contributed by atoms with van der Waals surface area (Å²) in [5.74, 6) is -0.216. The van der Waals surface area contributed by atoms with Gasteiger partial charge in [-0.15, -0.1) is 0 Å². The van der Waals surface area contributed by atoms with Gasteiger partial charge < -0.3 is 15.8 Å². The smallest absolute Gasteiger partial charge is 0.253 e. The first-order valence-electron chi connectivity index (χ1n) is 5.35. The number of nitrogens with zero attached hydrogens (tertiary/aromatic N) is 1. The third kappa shape index (κ3) is 2.68. The van der Waals surface area contributed by atoms with E-state index in [-0.39, 0.29) is 23.2 Å². The Balaban J connectivity index is 1.98. The number of rotatable bonds is 3. The quantitative estimate of drug-likeness (QED) is 0.797. The largest absolute Gasteiger partial charge is 0.397 e. The van der Waals surface area contributed by atoms with Crippen molar-refractivity contribution >= 4 is 23.2 Å². The maximum Gasteiger partial charge on any atom is 0.253 e. The summed E-state index contributed by atoms with van der Waals surface area (Å²) in [6.45, 7) is 0. The van der Waals surface area contributed by atoms with Gasteiger partial charge in [0.15, 0.2) is 0 Å². The Labute approximate surface area is 104 Å². The van der Waals surface area contributed by atoms with Gasteiger partial charge in [-0.3, -0.25) is 4.79 Å². The molecule has 1 saturated carbocycles. The number of hydrogen-bond acceptors (Lipinski definition) is 4. The highest BCUT2D eigenvalue weighted by atomic mass is 35.5. The molecule has 6 heteroatoms. The van der Waals surface area contributed by atoms with Crippen molar-refractivity contribution in [1.29, 1.82) is 0 Å². The molecule has 0 saturated heterocycles. The van der Waals surface area contributed by atoms with Crippen LogP contribution >= 0.6 is 11.6 Å². The lowest BCUT2D eigenvalue weighted by molar-refractivity contribution is 0.0176. The minimum atomic E-state index is -0.216. The zero-order valence-electron chi connectivity index (χ0n) is 9.44. The number of methoxy groups -OCH3 is 1. The van der Waals surface area contributed by atoms with Crippen molar-refractivity contribution in [1.82, 2.24) is 10.3 Å². The van der Waals surface area contributed by atoms with Crippen LogP contribution in [0.15, 0.2) is 12.3 Å². The van der Waals surface area contributed by atoms with E-state index in [9.17, 15) is 4.79 Å². The summed E-state index contributed by atoms with van der Waals surface area (Å²) in [7, 11) is 1.67. The molecule has 0 unspecified atom stereocenters. The van der Waals surface area contributed by atoms with Crippen LogP contribution in [-0.2, 0) is 4.74 Å². The molecule has 0 bridgehead atoms. The van der Waals surface area contributed by atoms with Gasteiger partial charge >= 0.3 is 0 Å². The second-order valence-corrected chi connectivity index (χ2v) is 4.48. The van der Waals surface area contributed by atoms with E-state index in [1.807, 2.05) is 0 Å². The Morgan fingerprint density at radius 3 is 3.00 bits per heavy atom. The van der Waals surface area contributed by atoms with Gasteiger partial charge in [0.1, 0.15) is 5.15 Å².